The number of H-pyrrole nitrogens is 1. The summed E-state index contributed by atoms with van der Waals surface area (Å²) in [4.78, 5) is 2.58. The van der Waals surface area contributed by atoms with Gasteiger partial charge >= 0.3 is 0 Å². The van der Waals surface area contributed by atoms with Crippen molar-refractivity contribution in [2.75, 3.05) is 26.2 Å². The van der Waals surface area contributed by atoms with Crippen LogP contribution in [0.25, 0.3) is 11.5 Å². The van der Waals surface area contributed by atoms with Gasteiger partial charge in [-0.05, 0) is 63.4 Å². The first-order chi connectivity index (χ1) is 10.7. The van der Waals surface area contributed by atoms with Crippen molar-refractivity contribution in [1.29, 1.82) is 0 Å². The molecule has 0 atom stereocenters. The number of piperidine rings is 1. The van der Waals surface area contributed by atoms with Gasteiger partial charge < -0.3 is 9.73 Å². The molecule has 2 aromatic heterocycles. The van der Waals surface area contributed by atoms with Crippen LogP contribution < -0.4 is 5.32 Å². The number of aromatic nitrogens is 2. The molecule has 2 aliphatic rings. The third-order valence-electron chi connectivity index (χ3n) is 5.28. The number of hydrogen-bond acceptors (Lipinski definition) is 4. The fourth-order valence-corrected chi connectivity index (χ4v) is 3.98. The third kappa shape index (κ3) is 3.32. The molecule has 0 radical (unpaired) electrons. The number of likely N-dealkylation sites (tertiary alicyclic amines) is 1. The zero-order chi connectivity index (χ0) is 15.0. The molecule has 0 saturated carbocycles. The number of nitrogens with zero attached hydrogens (tertiary/aromatic N) is 2. The van der Waals surface area contributed by atoms with Gasteiger partial charge in [0.2, 0.25) is 0 Å². The smallest absolute Gasteiger partial charge is 0.152 e. The average molecular weight is 337 g/mol. The molecule has 1 spiro atoms. The highest BCUT2D eigenvalue weighted by Gasteiger charge is 2.38. The van der Waals surface area contributed by atoms with Gasteiger partial charge in [0.1, 0.15) is 11.5 Å². The minimum atomic E-state index is 0. The first-order valence-corrected chi connectivity index (χ1v) is 8.26. The van der Waals surface area contributed by atoms with Crippen LogP contribution in [0.1, 0.15) is 30.6 Å². The van der Waals surface area contributed by atoms with Crippen molar-refractivity contribution < 1.29 is 4.42 Å². The predicted molar refractivity (Wildman–Crippen MR) is 92.7 cm³/mol. The molecule has 0 amide bonds. The largest absolute Gasteiger partial charge is 0.460 e. The van der Waals surface area contributed by atoms with Gasteiger partial charge in [0.15, 0.2) is 5.76 Å². The maximum absolute atomic E-state index is 5.74. The number of aromatic amines is 1. The molecule has 5 nitrogen and oxygen atoms in total. The van der Waals surface area contributed by atoms with Crippen molar-refractivity contribution in [3.05, 3.63) is 29.7 Å². The van der Waals surface area contributed by atoms with E-state index in [1.807, 2.05) is 25.3 Å². The van der Waals surface area contributed by atoms with E-state index in [2.05, 4.69) is 20.4 Å². The van der Waals surface area contributed by atoms with E-state index in [0.717, 1.165) is 23.8 Å². The van der Waals surface area contributed by atoms with Crippen molar-refractivity contribution in [2.45, 2.75) is 32.7 Å². The first-order valence-electron chi connectivity index (χ1n) is 8.26. The van der Waals surface area contributed by atoms with Gasteiger partial charge in [-0.1, -0.05) is 0 Å². The Balaban J connectivity index is 0.00000156. The highest BCUT2D eigenvalue weighted by molar-refractivity contribution is 5.85. The van der Waals surface area contributed by atoms with Crippen molar-refractivity contribution in [3.8, 4) is 11.5 Å². The minimum Gasteiger partial charge on any atom is -0.460 e. The highest BCUT2D eigenvalue weighted by Crippen LogP contribution is 2.39. The molecule has 126 valence electrons. The quantitative estimate of drug-likeness (QED) is 0.904. The molecule has 2 aliphatic heterocycles. The van der Waals surface area contributed by atoms with Gasteiger partial charge in [0.25, 0.3) is 0 Å². The average Bonchev–Trinajstić information content (AvgIpc) is 3.22. The van der Waals surface area contributed by atoms with Crippen LogP contribution in [0.2, 0.25) is 0 Å². The second-order valence-electron chi connectivity index (χ2n) is 6.89. The van der Waals surface area contributed by atoms with Crippen LogP contribution in [0, 0.1) is 12.3 Å². The lowest BCUT2D eigenvalue weighted by Crippen LogP contribution is -2.38. The summed E-state index contributed by atoms with van der Waals surface area (Å²) in [6, 6.07) is 4.02. The van der Waals surface area contributed by atoms with Crippen LogP contribution in [-0.4, -0.2) is 41.3 Å². The molecule has 2 aromatic rings. The van der Waals surface area contributed by atoms with Gasteiger partial charge in [-0.2, -0.15) is 5.10 Å². The molecular weight excluding hydrogens is 312 g/mol. The highest BCUT2D eigenvalue weighted by atomic mass is 35.5. The summed E-state index contributed by atoms with van der Waals surface area (Å²) >= 11 is 0. The fraction of sp³-hybridized carbons (Fsp3) is 0.588. The molecule has 2 fully saturated rings. The van der Waals surface area contributed by atoms with Crippen molar-refractivity contribution in [1.82, 2.24) is 20.4 Å². The maximum atomic E-state index is 5.74. The zero-order valence-electron chi connectivity index (χ0n) is 13.6. The van der Waals surface area contributed by atoms with E-state index in [1.54, 1.807) is 0 Å². The standard InChI is InChI=1S/C17H24N4O.ClH/c1-13-2-3-15(22-13)16-14(10-19-20-16)11-21-9-6-17(12-21)4-7-18-8-5-17;/h2-3,10,18H,4-9,11-12H2,1H3,(H,19,20);1H. The van der Waals surface area contributed by atoms with Crippen molar-refractivity contribution >= 4 is 12.4 Å². The molecular formula is C17H25ClN4O. The second-order valence-corrected chi connectivity index (χ2v) is 6.89. The summed E-state index contributed by atoms with van der Waals surface area (Å²) < 4.78 is 5.74. The lowest BCUT2D eigenvalue weighted by molar-refractivity contribution is 0.194. The maximum Gasteiger partial charge on any atom is 0.152 e. The Kier molecular flexibility index (Phi) is 4.80. The number of aryl methyl sites for hydroxylation is 1. The van der Waals surface area contributed by atoms with Crippen LogP contribution in [-0.2, 0) is 6.54 Å². The molecule has 0 aromatic carbocycles. The Morgan fingerprint density at radius 1 is 1.26 bits per heavy atom. The first kappa shape index (κ1) is 16.6. The number of halogens is 1. The van der Waals surface area contributed by atoms with E-state index in [9.17, 15) is 0 Å². The van der Waals surface area contributed by atoms with Gasteiger partial charge in [-0.25, -0.2) is 0 Å². The van der Waals surface area contributed by atoms with Crippen molar-refractivity contribution in [3.63, 3.8) is 0 Å². The predicted octanol–water partition coefficient (Wildman–Crippen LogP) is 2.98. The molecule has 2 saturated heterocycles. The normalized spacial score (nSPS) is 20.7. The summed E-state index contributed by atoms with van der Waals surface area (Å²) in [7, 11) is 0. The van der Waals surface area contributed by atoms with Crippen LogP contribution >= 0.6 is 12.4 Å². The summed E-state index contributed by atoms with van der Waals surface area (Å²) in [6.45, 7) is 7.70. The van der Waals surface area contributed by atoms with E-state index in [-0.39, 0.29) is 12.4 Å². The van der Waals surface area contributed by atoms with Crippen LogP contribution in [0.5, 0.6) is 0 Å². The molecule has 6 heteroatoms. The lowest BCUT2D eigenvalue weighted by atomic mass is 9.78. The summed E-state index contributed by atoms with van der Waals surface area (Å²) in [5.74, 6) is 1.83. The van der Waals surface area contributed by atoms with E-state index in [0.29, 0.717) is 5.41 Å². The SMILES string of the molecule is Cc1ccc(-c2[nH]ncc2CN2CCC3(CCNCC3)C2)o1.Cl. The van der Waals surface area contributed by atoms with Gasteiger partial charge in [0.05, 0.1) is 6.20 Å². The molecule has 2 N–H and O–H groups in total. The summed E-state index contributed by atoms with van der Waals surface area (Å²) in [6.07, 6.45) is 5.92. The van der Waals surface area contributed by atoms with Gasteiger partial charge in [-0.15, -0.1) is 12.4 Å². The van der Waals surface area contributed by atoms with Crippen LogP contribution in [0.3, 0.4) is 0 Å². The Bertz CT molecular complexity index is 645. The van der Waals surface area contributed by atoms with Crippen molar-refractivity contribution in [2.24, 2.45) is 5.41 Å². The molecule has 0 aliphatic carbocycles. The minimum absolute atomic E-state index is 0. The number of nitrogens with one attached hydrogen (secondary N) is 2. The fourth-order valence-electron chi connectivity index (χ4n) is 3.98. The molecule has 0 unspecified atom stereocenters. The van der Waals surface area contributed by atoms with Crippen LogP contribution in [0.15, 0.2) is 22.7 Å². The molecule has 23 heavy (non-hydrogen) atoms. The number of hydrogen-bond donors (Lipinski definition) is 2. The summed E-state index contributed by atoms with van der Waals surface area (Å²) in [5, 5.41) is 10.8. The molecule has 4 heterocycles. The van der Waals surface area contributed by atoms with Crippen LogP contribution in [0.4, 0.5) is 0 Å². The topological polar surface area (TPSA) is 57.1 Å². The Morgan fingerprint density at radius 3 is 2.83 bits per heavy atom. The van der Waals surface area contributed by atoms with E-state index < -0.39 is 0 Å². The Morgan fingerprint density at radius 2 is 2.09 bits per heavy atom. The molecule has 4 rings (SSSR count). The van der Waals surface area contributed by atoms with E-state index in [4.69, 9.17) is 4.42 Å². The van der Waals surface area contributed by atoms with E-state index in [1.165, 1.54) is 51.0 Å². The third-order valence-corrected chi connectivity index (χ3v) is 5.28. The number of furan rings is 1. The number of rotatable bonds is 3. The summed E-state index contributed by atoms with van der Waals surface area (Å²) in [5.41, 5.74) is 2.82. The Hall–Kier alpha value is -1.30. The monoisotopic (exact) mass is 336 g/mol. The van der Waals surface area contributed by atoms with E-state index >= 15 is 0 Å². The second kappa shape index (κ2) is 6.67. The Labute approximate surface area is 143 Å². The zero-order valence-corrected chi connectivity index (χ0v) is 14.4. The van der Waals surface area contributed by atoms with Gasteiger partial charge in [0, 0.05) is 18.7 Å². The van der Waals surface area contributed by atoms with Gasteiger partial charge in [-0.3, -0.25) is 10.00 Å². The lowest BCUT2D eigenvalue weighted by Gasteiger charge is -2.33. The molecule has 0 bridgehead atoms.